The zero-order chi connectivity index (χ0) is 16.6. The summed E-state index contributed by atoms with van der Waals surface area (Å²) in [4.78, 5) is 26.8. The van der Waals surface area contributed by atoms with E-state index in [0.29, 0.717) is 24.9 Å². The van der Waals surface area contributed by atoms with Crippen LogP contribution < -0.4 is 5.32 Å². The quantitative estimate of drug-likeness (QED) is 0.797. The maximum absolute atomic E-state index is 12.6. The maximum atomic E-state index is 12.6. The van der Waals surface area contributed by atoms with Crippen molar-refractivity contribution in [3.63, 3.8) is 0 Å². The molecule has 0 aromatic heterocycles. The van der Waals surface area contributed by atoms with Crippen molar-refractivity contribution in [2.45, 2.75) is 25.4 Å². The third-order valence-electron chi connectivity index (χ3n) is 5.26. The van der Waals surface area contributed by atoms with Crippen LogP contribution in [0.1, 0.15) is 19.3 Å². The second-order valence-corrected chi connectivity index (χ2v) is 6.87. The molecule has 3 aliphatic heterocycles. The molecule has 0 aromatic rings. The van der Waals surface area contributed by atoms with Gasteiger partial charge in [-0.15, -0.1) is 12.4 Å². The number of carbonyl (C=O) groups is 2. The number of likely N-dealkylation sites (tertiary alicyclic amines) is 2. The summed E-state index contributed by atoms with van der Waals surface area (Å²) < 4.78 is 37.4. The van der Waals surface area contributed by atoms with E-state index in [1.54, 1.807) is 4.90 Å². The topological polar surface area (TPSA) is 52.7 Å². The summed E-state index contributed by atoms with van der Waals surface area (Å²) in [5.74, 6) is -0.187. The number of nitrogens with one attached hydrogen (secondary N) is 1. The predicted molar refractivity (Wildman–Crippen MR) is 83.7 cm³/mol. The number of halogens is 4. The smallest absolute Gasteiger partial charge is 0.342 e. The largest absolute Gasteiger partial charge is 0.406 e. The number of rotatable bonds is 2. The van der Waals surface area contributed by atoms with Crippen LogP contribution in [0.2, 0.25) is 0 Å². The van der Waals surface area contributed by atoms with E-state index in [4.69, 9.17) is 0 Å². The van der Waals surface area contributed by atoms with Crippen LogP contribution in [-0.4, -0.2) is 67.1 Å². The van der Waals surface area contributed by atoms with Crippen LogP contribution >= 0.6 is 12.4 Å². The number of carbonyl (C=O) groups excluding carboxylic acids is 2. The Hall–Kier alpha value is -1.02. The van der Waals surface area contributed by atoms with Crippen molar-refractivity contribution in [1.29, 1.82) is 0 Å². The molecule has 138 valence electrons. The molecule has 5 nitrogen and oxygen atoms in total. The molecule has 3 heterocycles. The molecular formula is C15H23ClF3N3O2. The average Bonchev–Trinajstić information content (AvgIpc) is 2.99. The summed E-state index contributed by atoms with van der Waals surface area (Å²) in [5.41, 5.74) is 0. The van der Waals surface area contributed by atoms with Crippen LogP contribution in [0.4, 0.5) is 13.2 Å². The highest BCUT2D eigenvalue weighted by molar-refractivity contribution is 5.89. The summed E-state index contributed by atoms with van der Waals surface area (Å²) in [5, 5.41) is 3.36. The first-order valence-corrected chi connectivity index (χ1v) is 8.17. The van der Waals surface area contributed by atoms with Crippen LogP contribution in [0.5, 0.6) is 0 Å². The number of amides is 2. The van der Waals surface area contributed by atoms with Gasteiger partial charge in [-0.2, -0.15) is 13.2 Å². The van der Waals surface area contributed by atoms with Gasteiger partial charge in [0.25, 0.3) is 0 Å². The van der Waals surface area contributed by atoms with Crippen molar-refractivity contribution in [3.05, 3.63) is 0 Å². The Labute approximate surface area is 145 Å². The van der Waals surface area contributed by atoms with Gasteiger partial charge in [0.2, 0.25) is 11.8 Å². The Morgan fingerprint density at radius 1 is 1.17 bits per heavy atom. The first-order chi connectivity index (χ1) is 10.8. The molecule has 1 unspecified atom stereocenters. The third kappa shape index (κ3) is 4.33. The average molecular weight is 370 g/mol. The second kappa shape index (κ2) is 7.47. The van der Waals surface area contributed by atoms with Gasteiger partial charge in [0, 0.05) is 26.1 Å². The first-order valence-electron chi connectivity index (χ1n) is 8.17. The molecule has 0 aromatic carbocycles. The minimum absolute atomic E-state index is 0. The van der Waals surface area contributed by atoms with Gasteiger partial charge in [0.15, 0.2) is 0 Å². The Morgan fingerprint density at radius 3 is 2.29 bits per heavy atom. The zero-order valence-corrected chi connectivity index (χ0v) is 14.2. The van der Waals surface area contributed by atoms with Crippen LogP contribution in [0.15, 0.2) is 0 Å². The number of hydrogen-bond acceptors (Lipinski definition) is 3. The van der Waals surface area contributed by atoms with Gasteiger partial charge < -0.3 is 15.1 Å². The molecule has 3 rings (SSSR count). The standard InChI is InChI=1S/C15H22F3N3O2.ClH/c16-15(17,18)9-21-8-12(5-13(21)22)14(23)20-3-1-10-6-19-7-11(10)2-4-20;/h10-12,19H,1-9H2;1H/t10-,11+,12?;. The van der Waals surface area contributed by atoms with Crippen LogP contribution in [0.25, 0.3) is 0 Å². The van der Waals surface area contributed by atoms with Crippen LogP contribution in [0, 0.1) is 17.8 Å². The van der Waals surface area contributed by atoms with E-state index in [-0.39, 0.29) is 31.3 Å². The lowest BCUT2D eigenvalue weighted by molar-refractivity contribution is -0.157. The van der Waals surface area contributed by atoms with Crippen molar-refractivity contribution in [2.75, 3.05) is 39.3 Å². The van der Waals surface area contributed by atoms with E-state index in [1.807, 2.05) is 0 Å². The van der Waals surface area contributed by atoms with Gasteiger partial charge in [0.1, 0.15) is 6.54 Å². The molecule has 3 saturated heterocycles. The normalized spacial score (nSPS) is 30.8. The highest BCUT2D eigenvalue weighted by Gasteiger charge is 2.42. The number of fused-ring (bicyclic) bond motifs is 1. The summed E-state index contributed by atoms with van der Waals surface area (Å²) in [6.45, 7) is 1.88. The predicted octanol–water partition coefficient (Wildman–Crippen LogP) is 1.28. The van der Waals surface area contributed by atoms with Gasteiger partial charge in [-0.05, 0) is 37.8 Å². The maximum Gasteiger partial charge on any atom is 0.406 e. The van der Waals surface area contributed by atoms with Crippen molar-refractivity contribution in [1.82, 2.24) is 15.1 Å². The van der Waals surface area contributed by atoms with Gasteiger partial charge >= 0.3 is 6.18 Å². The molecule has 0 spiro atoms. The first kappa shape index (κ1) is 19.3. The molecule has 0 bridgehead atoms. The highest BCUT2D eigenvalue weighted by atomic mass is 35.5. The summed E-state index contributed by atoms with van der Waals surface area (Å²) in [7, 11) is 0. The third-order valence-corrected chi connectivity index (χ3v) is 5.26. The second-order valence-electron chi connectivity index (χ2n) is 6.87. The Kier molecular flexibility index (Phi) is 6.01. The molecule has 3 fully saturated rings. The summed E-state index contributed by atoms with van der Waals surface area (Å²) in [6, 6.07) is 0. The summed E-state index contributed by atoms with van der Waals surface area (Å²) >= 11 is 0. The number of nitrogens with zero attached hydrogens (tertiary/aromatic N) is 2. The monoisotopic (exact) mass is 369 g/mol. The molecule has 0 saturated carbocycles. The van der Waals surface area contributed by atoms with Crippen LogP contribution in [-0.2, 0) is 9.59 Å². The van der Waals surface area contributed by atoms with Crippen molar-refractivity contribution < 1.29 is 22.8 Å². The molecular weight excluding hydrogens is 347 g/mol. The molecule has 3 aliphatic rings. The molecule has 2 amide bonds. The molecule has 0 aliphatic carbocycles. The SMILES string of the molecule is Cl.O=C1CC(C(=O)N2CC[C@@H]3CNC[C@@H]3CC2)CN1CC(F)(F)F. The fourth-order valence-corrected chi connectivity index (χ4v) is 4.00. The fourth-order valence-electron chi connectivity index (χ4n) is 4.00. The van der Waals surface area contributed by atoms with Gasteiger partial charge in [-0.25, -0.2) is 0 Å². The number of alkyl halides is 3. The van der Waals surface area contributed by atoms with Crippen molar-refractivity contribution >= 4 is 24.2 Å². The van der Waals surface area contributed by atoms with E-state index in [2.05, 4.69) is 5.32 Å². The molecule has 24 heavy (non-hydrogen) atoms. The fraction of sp³-hybridized carbons (Fsp3) is 0.867. The van der Waals surface area contributed by atoms with Crippen LogP contribution in [0.3, 0.4) is 0 Å². The van der Waals surface area contributed by atoms with Gasteiger partial charge in [-0.1, -0.05) is 0 Å². The van der Waals surface area contributed by atoms with E-state index >= 15 is 0 Å². The Morgan fingerprint density at radius 2 is 1.75 bits per heavy atom. The molecule has 9 heteroatoms. The van der Waals surface area contributed by atoms with E-state index < -0.39 is 24.5 Å². The number of hydrogen-bond donors (Lipinski definition) is 1. The van der Waals surface area contributed by atoms with Crippen molar-refractivity contribution in [2.24, 2.45) is 17.8 Å². The molecule has 1 N–H and O–H groups in total. The highest BCUT2D eigenvalue weighted by Crippen LogP contribution is 2.29. The Balaban J connectivity index is 0.00000208. The van der Waals surface area contributed by atoms with E-state index in [0.717, 1.165) is 30.8 Å². The van der Waals surface area contributed by atoms with E-state index in [1.165, 1.54) is 0 Å². The molecule has 3 atom stereocenters. The lowest BCUT2D eigenvalue weighted by atomic mass is 9.92. The minimum Gasteiger partial charge on any atom is -0.342 e. The zero-order valence-electron chi connectivity index (χ0n) is 13.3. The lowest BCUT2D eigenvalue weighted by Crippen LogP contribution is -2.39. The Bertz CT molecular complexity index is 475. The van der Waals surface area contributed by atoms with Crippen molar-refractivity contribution in [3.8, 4) is 0 Å². The minimum atomic E-state index is -4.42. The lowest BCUT2D eigenvalue weighted by Gasteiger charge is -2.24. The molecule has 0 radical (unpaired) electrons. The summed E-state index contributed by atoms with van der Waals surface area (Å²) in [6.07, 6.45) is -2.66. The van der Waals surface area contributed by atoms with Gasteiger partial charge in [0.05, 0.1) is 5.92 Å². The van der Waals surface area contributed by atoms with Gasteiger partial charge in [-0.3, -0.25) is 9.59 Å². The van der Waals surface area contributed by atoms with E-state index in [9.17, 15) is 22.8 Å².